The number of H-pyrrole nitrogens is 1. The van der Waals surface area contributed by atoms with Gasteiger partial charge in [0.2, 0.25) is 0 Å². The highest BCUT2D eigenvalue weighted by atomic mass is 16.3. The fraction of sp³-hybridized carbons (Fsp3) is 0.412. The number of aliphatic hydroxyl groups is 1. The van der Waals surface area contributed by atoms with Gasteiger partial charge in [0.25, 0.3) is 0 Å². The Balaban J connectivity index is 1.78. The van der Waals surface area contributed by atoms with Gasteiger partial charge in [-0.3, -0.25) is 0 Å². The van der Waals surface area contributed by atoms with Crippen LogP contribution in [0.25, 0.3) is 11.3 Å². The minimum Gasteiger partial charge on any atom is -0.392 e. The van der Waals surface area contributed by atoms with Crippen molar-refractivity contribution < 1.29 is 5.11 Å². The molecule has 0 bridgehead atoms. The Morgan fingerprint density at radius 3 is 2.42 bits per heavy atom. The van der Waals surface area contributed by atoms with Crippen molar-refractivity contribution in [1.29, 1.82) is 0 Å². The second kappa shape index (κ2) is 5.62. The lowest BCUT2D eigenvalue weighted by atomic mass is 9.84. The summed E-state index contributed by atoms with van der Waals surface area (Å²) in [5.41, 5.74) is 4.70. The first-order chi connectivity index (χ1) is 9.36. The molecule has 0 atom stereocenters. The predicted molar refractivity (Wildman–Crippen MR) is 78.0 cm³/mol. The molecule has 1 aromatic heterocycles. The molecule has 0 spiro atoms. The molecule has 1 fully saturated rings. The highest BCUT2D eigenvalue weighted by molar-refractivity contribution is 5.60. The van der Waals surface area contributed by atoms with Gasteiger partial charge >= 0.3 is 0 Å². The van der Waals surface area contributed by atoms with Crippen LogP contribution in [0, 0.1) is 0 Å². The Kier molecular flexibility index (Phi) is 3.69. The normalized spacial score (nSPS) is 16.7. The van der Waals surface area contributed by atoms with Crippen LogP contribution >= 0.6 is 0 Å². The van der Waals surface area contributed by atoms with E-state index in [0.717, 1.165) is 17.2 Å². The predicted octanol–water partition coefficient (Wildman–Crippen LogP) is 4.22. The lowest BCUT2D eigenvalue weighted by molar-refractivity contribution is 0.282. The molecule has 3 rings (SSSR count). The Hall–Kier alpha value is -1.54. The second-order valence-electron chi connectivity index (χ2n) is 5.54. The summed E-state index contributed by atoms with van der Waals surface area (Å²) in [6.45, 7) is 0.0939. The van der Waals surface area contributed by atoms with E-state index in [2.05, 4.69) is 29.2 Å². The van der Waals surface area contributed by atoms with Crippen LogP contribution in [0.15, 0.2) is 36.5 Å². The van der Waals surface area contributed by atoms with Crippen molar-refractivity contribution in [3.63, 3.8) is 0 Å². The zero-order valence-corrected chi connectivity index (χ0v) is 11.2. The fourth-order valence-corrected chi connectivity index (χ4v) is 3.07. The van der Waals surface area contributed by atoms with Gasteiger partial charge in [-0.05, 0) is 41.5 Å². The fourth-order valence-electron chi connectivity index (χ4n) is 3.07. The van der Waals surface area contributed by atoms with Crippen LogP contribution in [0.4, 0.5) is 0 Å². The lowest BCUT2D eigenvalue weighted by Crippen LogP contribution is -2.04. The summed E-state index contributed by atoms with van der Waals surface area (Å²) in [5.74, 6) is 0.763. The van der Waals surface area contributed by atoms with Crippen LogP contribution in [0.5, 0.6) is 0 Å². The van der Waals surface area contributed by atoms with Gasteiger partial charge in [-0.15, -0.1) is 0 Å². The number of nitrogens with one attached hydrogen (secondary N) is 1. The molecule has 2 aromatic rings. The molecule has 2 nitrogen and oxygen atoms in total. The smallest absolute Gasteiger partial charge is 0.0696 e. The Bertz CT molecular complexity index is 520. The quantitative estimate of drug-likeness (QED) is 0.846. The molecule has 0 unspecified atom stereocenters. The maximum absolute atomic E-state index is 9.09. The summed E-state index contributed by atoms with van der Waals surface area (Å²) < 4.78 is 0. The molecule has 1 aliphatic carbocycles. The summed E-state index contributed by atoms with van der Waals surface area (Å²) >= 11 is 0. The van der Waals surface area contributed by atoms with Crippen LogP contribution in [0.3, 0.4) is 0 Å². The summed E-state index contributed by atoms with van der Waals surface area (Å²) in [5, 5.41) is 9.09. The van der Waals surface area contributed by atoms with Crippen molar-refractivity contribution >= 4 is 0 Å². The Morgan fingerprint density at radius 2 is 1.79 bits per heavy atom. The van der Waals surface area contributed by atoms with Gasteiger partial charge in [0.1, 0.15) is 0 Å². The van der Waals surface area contributed by atoms with Gasteiger partial charge in [-0.1, -0.05) is 43.5 Å². The molecule has 1 heterocycles. The first-order valence-corrected chi connectivity index (χ1v) is 7.25. The maximum atomic E-state index is 9.09. The van der Waals surface area contributed by atoms with E-state index in [1.807, 2.05) is 12.3 Å². The number of aromatic amines is 1. The average Bonchev–Trinajstić information content (AvgIpc) is 2.97. The van der Waals surface area contributed by atoms with Gasteiger partial charge in [0.05, 0.1) is 6.61 Å². The van der Waals surface area contributed by atoms with Crippen LogP contribution < -0.4 is 0 Å². The van der Waals surface area contributed by atoms with Gasteiger partial charge in [0, 0.05) is 11.9 Å². The third-order valence-electron chi connectivity index (χ3n) is 4.22. The second-order valence-corrected chi connectivity index (χ2v) is 5.54. The molecule has 0 radical (unpaired) electrons. The molecule has 0 saturated heterocycles. The number of rotatable bonds is 3. The van der Waals surface area contributed by atoms with Gasteiger partial charge in [-0.25, -0.2) is 0 Å². The van der Waals surface area contributed by atoms with E-state index in [-0.39, 0.29) is 6.61 Å². The largest absolute Gasteiger partial charge is 0.392 e. The van der Waals surface area contributed by atoms with E-state index in [1.165, 1.54) is 43.2 Å². The molecule has 19 heavy (non-hydrogen) atoms. The number of benzene rings is 1. The SMILES string of the molecule is OCc1c[nH]c(-c2ccc(C3CCCCC3)cc2)c1. The summed E-state index contributed by atoms with van der Waals surface area (Å²) in [4.78, 5) is 3.21. The van der Waals surface area contributed by atoms with Crippen molar-refractivity contribution in [2.45, 2.75) is 44.6 Å². The van der Waals surface area contributed by atoms with Gasteiger partial charge in [0.15, 0.2) is 0 Å². The molecule has 100 valence electrons. The molecule has 1 aliphatic rings. The first-order valence-electron chi connectivity index (χ1n) is 7.25. The zero-order chi connectivity index (χ0) is 13.1. The van der Waals surface area contributed by atoms with Crippen molar-refractivity contribution in [2.24, 2.45) is 0 Å². The maximum Gasteiger partial charge on any atom is 0.0696 e. The van der Waals surface area contributed by atoms with Crippen molar-refractivity contribution in [3.05, 3.63) is 47.7 Å². The molecular formula is C17H21NO. The third kappa shape index (κ3) is 2.74. The minimum absolute atomic E-state index is 0.0939. The molecule has 2 heteroatoms. The summed E-state index contributed by atoms with van der Waals surface area (Å²) in [6.07, 6.45) is 8.71. The monoisotopic (exact) mass is 255 g/mol. The highest BCUT2D eigenvalue weighted by Gasteiger charge is 2.15. The number of hydrogen-bond donors (Lipinski definition) is 2. The standard InChI is InChI=1S/C17H21NO/c19-12-13-10-17(18-11-13)16-8-6-15(7-9-16)14-4-2-1-3-5-14/h6-11,14,18-19H,1-5,12H2. The van der Waals surface area contributed by atoms with Crippen LogP contribution in [-0.4, -0.2) is 10.1 Å². The van der Waals surface area contributed by atoms with Crippen molar-refractivity contribution in [1.82, 2.24) is 4.98 Å². The number of aromatic nitrogens is 1. The van der Waals surface area contributed by atoms with E-state index in [0.29, 0.717) is 0 Å². The van der Waals surface area contributed by atoms with E-state index >= 15 is 0 Å². The molecule has 2 N–H and O–H groups in total. The highest BCUT2D eigenvalue weighted by Crippen LogP contribution is 2.33. The first kappa shape index (κ1) is 12.5. The Morgan fingerprint density at radius 1 is 1.05 bits per heavy atom. The van der Waals surface area contributed by atoms with Crippen LogP contribution in [0.2, 0.25) is 0 Å². The number of aliphatic hydroxyl groups excluding tert-OH is 1. The van der Waals surface area contributed by atoms with E-state index in [1.54, 1.807) is 0 Å². The van der Waals surface area contributed by atoms with E-state index in [9.17, 15) is 0 Å². The zero-order valence-electron chi connectivity index (χ0n) is 11.2. The molecule has 0 aliphatic heterocycles. The van der Waals surface area contributed by atoms with Crippen molar-refractivity contribution in [2.75, 3.05) is 0 Å². The summed E-state index contributed by atoms with van der Waals surface area (Å²) in [7, 11) is 0. The minimum atomic E-state index is 0.0939. The van der Waals surface area contributed by atoms with Crippen molar-refractivity contribution in [3.8, 4) is 11.3 Å². The molecule has 1 aromatic carbocycles. The van der Waals surface area contributed by atoms with Gasteiger partial charge < -0.3 is 10.1 Å². The third-order valence-corrected chi connectivity index (χ3v) is 4.22. The van der Waals surface area contributed by atoms with Crippen LogP contribution in [0.1, 0.15) is 49.1 Å². The molecular weight excluding hydrogens is 234 g/mol. The molecule has 0 amide bonds. The van der Waals surface area contributed by atoms with Gasteiger partial charge in [-0.2, -0.15) is 0 Å². The Labute approximate surface area is 114 Å². The topological polar surface area (TPSA) is 36.0 Å². The van der Waals surface area contributed by atoms with Crippen LogP contribution in [-0.2, 0) is 6.61 Å². The van der Waals surface area contributed by atoms with E-state index in [4.69, 9.17) is 5.11 Å². The summed E-state index contributed by atoms with van der Waals surface area (Å²) in [6, 6.07) is 10.9. The average molecular weight is 255 g/mol. The lowest BCUT2D eigenvalue weighted by Gasteiger charge is -2.22. The number of hydrogen-bond acceptors (Lipinski definition) is 1. The molecule has 1 saturated carbocycles. The van der Waals surface area contributed by atoms with E-state index < -0.39 is 0 Å².